The molecule has 0 amide bonds. The standard InChI is InChI=1S/C15H25N/c1-4-6-7-14-8-10-15(11-9-14)13(3)16-12-5-2/h8-11,13,16H,4-7,12H2,1-3H3. The summed E-state index contributed by atoms with van der Waals surface area (Å²) in [5, 5.41) is 3.51. The highest BCUT2D eigenvalue weighted by atomic mass is 14.9. The molecular formula is C15H25N. The van der Waals surface area contributed by atoms with Gasteiger partial charge in [-0.15, -0.1) is 0 Å². The summed E-state index contributed by atoms with van der Waals surface area (Å²) in [6.45, 7) is 7.77. The van der Waals surface area contributed by atoms with Crippen molar-refractivity contribution in [3.8, 4) is 0 Å². The van der Waals surface area contributed by atoms with Gasteiger partial charge >= 0.3 is 0 Å². The molecule has 1 rings (SSSR count). The fourth-order valence-electron chi connectivity index (χ4n) is 1.83. The SMILES string of the molecule is CCCCc1ccc(C(C)NCCC)cc1. The lowest BCUT2D eigenvalue weighted by atomic mass is 10.0. The van der Waals surface area contributed by atoms with Gasteiger partial charge in [-0.1, -0.05) is 44.5 Å². The third-order valence-corrected chi connectivity index (χ3v) is 3.00. The average Bonchev–Trinajstić information content (AvgIpc) is 2.34. The molecule has 1 aromatic rings. The molecule has 0 radical (unpaired) electrons. The first-order valence-electron chi connectivity index (χ1n) is 6.60. The van der Waals surface area contributed by atoms with Crippen molar-refractivity contribution >= 4 is 0 Å². The lowest BCUT2D eigenvalue weighted by Gasteiger charge is -2.14. The van der Waals surface area contributed by atoms with E-state index in [1.165, 1.54) is 36.8 Å². The van der Waals surface area contributed by atoms with E-state index in [1.807, 2.05) is 0 Å². The van der Waals surface area contributed by atoms with E-state index in [0.29, 0.717) is 6.04 Å². The second-order valence-corrected chi connectivity index (χ2v) is 4.52. The number of rotatable bonds is 7. The van der Waals surface area contributed by atoms with E-state index in [1.54, 1.807) is 0 Å². The van der Waals surface area contributed by atoms with Gasteiger partial charge < -0.3 is 5.32 Å². The van der Waals surface area contributed by atoms with Crippen LogP contribution in [0.25, 0.3) is 0 Å². The molecule has 0 spiro atoms. The van der Waals surface area contributed by atoms with Crippen LogP contribution in [-0.4, -0.2) is 6.54 Å². The highest BCUT2D eigenvalue weighted by molar-refractivity contribution is 5.24. The van der Waals surface area contributed by atoms with Gasteiger partial charge in [-0.25, -0.2) is 0 Å². The zero-order chi connectivity index (χ0) is 11.8. The highest BCUT2D eigenvalue weighted by Gasteiger charge is 2.03. The van der Waals surface area contributed by atoms with Crippen LogP contribution in [-0.2, 0) is 6.42 Å². The summed E-state index contributed by atoms with van der Waals surface area (Å²) in [5.41, 5.74) is 2.86. The summed E-state index contributed by atoms with van der Waals surface area (Å²) in [6.07, 6.45) is 4.98. The molecule has 0 bridgehead atoms. The van der Waals surface area contributed by atoms with E-state index in [-0.39, 0.29) is 0 Å². The summed E-state index contributed by atoms with van der Waals surface area (Å²) >= 11 is 0. The molecular weight excluding hydrogens is 194 g/mol. The first kappa shape index (κ1) is 13.2. The molecule has 1 heteroatoms. The Morgan fingerprint density at radius 1 is 1.06 bits per heavy atom. The van der Waals surface area contributed by atoms with Gasteiger partial charge in [0.2, 0.25) is 0 Å². The Balaban J connectivity index is 2.49. The largest absolute Gasteiger partial charge is 0.310 e. The molecule has 0 aliphatic rings. The van der Waals surface area contributed by atoms with Crippen LogP contribution in [0.15, 0.2) is 24.3 Å². The van der Waals surface area contributed by atoms with Crippen LogP contribution in [0, 0.1) is 0 Å². The summed E-state index contributed by atoms with van der Waals surface area (Å²) in [6, 6.07) is 9.54. The number of nitrogens with one attached hydrogen (secondary N) is 1. The zero-order valence-corrected chi connectivity index (χ0v) is 10.9. The summed E-state index contributed by atoms with van der Waals surface area (Å²) in [5.74, 6) is 0. The number of aryl methyl sites for hydroxylation is 1. The molecule has 0 aliphatic heterocycles. The van der Waals surface area contributed by atoms with Crippen LogP contribution in [0.3, 0.4) is 0 Å². The van der Waals surface area contributed by atoms with Gasteiger partial charge in [-0.3, -0.25) is 0 Å². The van der Waals surface area contributed by atoms with E-state index in [9.17, 15) is 0 Å². The number of unbranched alkanes of at least 4 members (excludes halogenated alkanes) is 1. The van der Waals surface area contributed by atoms with Crippen LogP contribution >= 0.6 is 0 Å². The first-order valence-corrected chi connectivity index (χ1v) is 6.60. The Labute approximate surface area is 100 Å². The Morgan fingerprint density at radius 2 is 1.75 bits per heavy atom. The predicted molar refractivity (Wildman–Crippen MR) is 71.8 cm³/mol. The molecule has 1 N–H and O–H groups in total. The monoisotopic (exact) mass is 219 g/mol. The van der Waals surface area contributed by atoms with Gasteiger partial charge in [-0.2, -0.15) is 0 Å². The number of benzene rings is 1. The molecule has 0 saturated carbocycles. The molecule has 0 fully saturated rings. The normalized spacial score (nSPS) is 12.7. The van der Waals surface area contributed by atoms with Gasteiger partial charge in [0.05, 0.1) is 0 Å². The number of hydrogen-bond donors (Lipinski definition) is 1. The van der Waals surface area contributed by atoms with Crippen molar-refractivity contribution in [2.45, 2.75) is 52.5 Å². The third-order valence-electron chi connectivity index (χ3n) is 3.00. The van der Waals surface area contributed by atoms with E-state index in [4.69, 9.17) is 0 Å². The van der Waals surface area contributed by atoms with Gasteiger partial charge in [0, 0.05) is 6.04 Å². The highest BCUT2D eigenvalue weighted by Crippen LogP contribution is 2.14. The van der Waals surface area contributed by atoms with E-state index in [2.05, 4.69) is 50.4 Å². The fourth-order valence-corrected chi connectivity index (χ4v) is 1.83. The van der Waals surface area contributed by atoms with Gasteiger partial charge in [0.25, 0.3) is 0 Å². The Morgan fingerprint density at radius 3 is 2.31 bits per heavy atom. The van der Waals surface area contributed by atoms with E-state index >= 15 is 0 Å². The Kier molecular flexibility index (Phi) is 6.17. The predicted octanol–water partition coefficient (Wildman–Crippen LogP) is 4.09. The maximum absolute atomic E-state index is 3.51. The van der Waals surface area contributed by atoms with Gasteiger partial charge in [0.1, 0.15) is 0 Å². The molecule has 0 aromatic heterocycles. The smallest absolute Gasteiger partial charge is 0.0291 e. The molecule has 1 aromatic carbocycles. The van der Waals surface area contributed by atoms with Crippen molar-refractivity contribution in [1.82, 2.24) is 5.32 Å². The zero-order valence-electron chi connectivity index (χ0n) is 10.9. The van der Waals surface area contributed by atoms with Gasteiger partial charge in [-0.05, 0) is 43.9 Å². The van der Waals surface area contributed by atoms with E-state index < -0.39 is 0 Å². The van der Waals surface area contributed by atoms with Crippen molar-refractivity contribution < 1.29 is 0 Å². The molecule has 1 nitrogen and oxygen atoms in total. The van der Waals surface area contributed by atoms with E-state index in [0.717, 1.165) is 6.54 Å². The average molecular weight is 219 g/mol. The van der Waals surface area contributed by atoms with Crippen molar-refractivity contribution in [1.29, 1.82) is 0 Å². The van der Waals surface area contributed by atoms with Crippen LogP contribution in [0.1, 0.15) is 57.2 Å². The van der Waals surface area contributed by atoms with Gasteiger partial charge in [0.15, 0.2) is 0 Å². The second kappa shape index (κ2) is 7.45. The molecule has 90 valence electrons. The minimum atomic E-state index is 0.472. The lowest BCUT2D eigenvalue weighted by Crippen LogP contribution is -2.19. The molecule has 0 saturated heterocycles. The molecule has 0 aliphatic carbocycles. The topological polar surface area (TPSA) is 12.0 Å². The second-order valence-electron chi connectivity index (χ2n) is 4.52. The van der Waals surface area contributed by atoms with Crippen molar-refractivity contribution in [2.24, 2.45) is 0 Å². The van der Waals surface area contributed by atoms with Crippen molar-refractivity contribution in [3.05, 3.63) is 35.4 Å². The Hall–Kier alpha value is -0.820. The molecule has 16 heavy (non-hydrogen) atoms. The van der Waals surface area contributed by atoms with Crippen LogP contribution in [0.5, 0.6) is 0 Å². The summed E-state index contributed by atoms with van der Waals surface area (Å²) in [7, 11) is 0. The van der Waals surface area contributed by atoms with Crippen molar-refractivity contribution in [2.75, 3.05) is 6.54 Å². The maximum Gasteiger partial charge on any atom is 0.0291 e. The summed E-state index contributed by atoms with van der Waals surface area (Å²) in [4.78, 5) is 0. The third kappa shape index (κ3) is 4.36. The minimum Gasteiger partial charge on any atom is -0.310 e. The van der Waals surface area contributed by atoms with Crippen molar-refractivity contribution in [3.63, 3.8) is 0 Å². The fraction of sp³-hybridized carbons (Fsp3) is 0.600. The minimum absolute atomic E-state index is 0.472. The van der Waals surface area contributed by atoms with Crippen LogP contribution < -0.4 is 5.32 Å². The van der Waals surface area contributed by atoms with Crippen LogP contribution in [0.2, 0.25) is 0 Å². The van der Waals surface area contributed by atoms with Crippen LogP contribution in [0.4, 0.5) is 0 Å². The molecule has 1 atom stereocenters. The number of hydrogen-bond acceptors (Lipinski definition) is 1. The molecule has 0 heterocycles. The first-order chi connectivity index (χ1) is 7.77. The Bertz CT molecular complexity index is 276. The lowest BCUT2D eigenvalue weighted by molar-refractivity contribution is 0.570. The quantitative estimate of drug-likeness (QED) is 0.728. The molecule has 1 unspecified atom stereocenters. The summed E-state index contributed by atoms with van der Waals surface area (Å²) < 4.78 is 0. The maximum atomic E-state index is 3.51.